The molecule has 20 heavy (non-hydrogen) atoms. The summed E-state index contributed by atoms with van der Waals surface area (Å²) in [6.07, 6.45) is 3.33. The monoisotopic (exact) mass is 296 g/mol. The van der Waals surface area contributed by atoms with Crippen molar-refractivity contribution >= 4 is 10.0 Å². The molecule has 1 aliphatic rings. The molecular weight excluding hydrogens is 272 g/mol. The maximum absolute atomic E-state index is 12.1. The van der Waals surface area contributed by atoms with E-state index in [4.69, 9.17) is 0 Å². The van der Waals surface area contributed by atoms with E-state index in [2.05, 4.69) is 23.9 Å². The van der Waals surface area contributed by atoms with Crippen molar-refractivity contribution in [2.75, 3.05) is 13.1 Å². The van der Waals surface area contributed by atoms with Gasteiger partial charge in [-0.3, -0.25) is 0 Å². The Kier molecular flexibility index (Phi) is 5.18. The van der Waals surface area contributed by atoms with Crippen molar-refractivity contribution in [2.45, 2.75) is 50.0 Å². The van der Waals surface area contributed by atoms with Crippen LogP contribution in [0.1, 0.15) is 44.6 Å². The maximum Gasteiger partial charge on any atom is 0.240 e. The number of sulfonamides is 1. The standard InChI is InChI=1S/C15H24N2O2S/c1-12(2)13-4-8-15(9-5-13)20(18,19)17-11-3-10-16-14-6-7-14/h4-5,8-9,12,14,16-17H,3,6-7,10-11H2,1-2H3. The molecule has 1 aliphatic carbocycles. The maximum atomic E-state index is 12.1. The molecule has 5 heteroatoms. The lowest BCUT2D eigenvalue weighted by Crippen LogP contribution is -2.28. The summed E-state index contributed by atoms with van der Waals surface area (Å²) in [5.74, 6) is 0.410. The topological polar surface area (TPSA) is 58.2 Å². The van der Waals surface area contributed by atoms with E-state index in [1.807, 2.05) is 12.1 Å². The van der Waals surface area contributed by atoms with Crippen LogP contribution in [-0.4, -0.2) is 27.5 Å². The van der Waals surface area contributed by atoms with E-state index in [-0.39, 0.29) is 0 Å². The summed E-state index contributed by atoms with van der Waals surface area (Å²) >= 11 is 0. The molecule has 0 atom stereocenters. The SMILES string of the molecule is CC(C)c1ccc(S(=O)(=O)NCCCNC2CC2)cc1. The lowest BCUT2D eigenvalue weighted by Gasteiger charge is -2.09. The van der Waals surface area contributed by atoms with Crippen LogP contribution in [0.3, 0.4) is 0 Å². The Labute approximate surface area is 122 Å². The highest BCUT2D eigenvalue weighted by molar-refractivity contribution is 7.89. The molecule has 0 aromatic heterocycles. The quantitative estimate of drug-likeness (QED) is 0.723. The molecule has 1 aromatic rings. The average molecular weight is 296 g/mol. The third-order valence-electron chi connectivity index (χ3n) is 3.51. The molecule has 1 aromatic carbocycles. The van der Waals surface area contributed by atoms with Gasteiger partial charge in [-0.2, -0.15) is 0 Å². The highest BCUT2D eigenvalue weighted by atomic mass is 32.2. The van der Waals surface area contributed by atoms with Gasteiger partial charge in [0, 0.05) is 12.6 Å². The van der Waals surface area contributed by atoms with Gasteiger partial charge in [-0.15, -0.1) is 0 Å². The van der Waals surface area contributed by atoms with Gasteiger partial charge < -0.3 is 5.32 Å². The zero-order valence-corrected chi connectivity index (χ0v) is 13.0. The summed E-state index contributed by atoms with van der Waals surface area (Å²) < 4.78 is 26.8. The van der Waals surface area contributed by atoms with E-state index in [1.54, 1.807) is 12.1 Å². The minimum atomic E-state index is -3.37. The normalized spacial score (nSPS) is 15.8. The number of benzene rings is 1. The van der Waals surface area contributed by atoms with Crippen molar-refractivity contribution in [2.24, 2.45) is 0 Å². The van der Waals surface area contributed by atoms with Crippen molar-refractivity contribution in [1.82, 2.24) is 10.0 Å². The second-order valence-corrected chi connectivity index (χ2v) is 7.47. The van der Waals surface area contributed by atoms with Gasteiger partial charge in [-0.25, -0.2) is 13.1 Å². The first-order chi connectivity index (χ1) is 9.49. The van der Waals surface area contributed by atoms with Crippen LogP contribution in [-0.2, 0) is 10.0 Å². The van der Waals surface area contributed by atoms with Crippen LogP contribution in [0.25, 0.3) is 0 Å². The predicted octanol–water partition coefficient (Wildman–Crippen LogP) is 2.23. The highest BCUT2D eigenvalue weighted by Crippen LogP contribution is 2.18. The molecule has 0 aliphatic heterocycles. The fourth-order valence-corrected chi connectivity index (χ4v) is 3.08. The van der Waals surface area contributed by atoms with Gasteiger partial charge in [0.1, 0.15) is 0 Å². The van der Waals surface area contributed by atoms with Gasteiger partial charge in [0.2, 0.25) is 10.0 Å². The fraction of sp³-hybridized carbons (Fsp3) is 0.600. The molecular formula is C15H24N2O2S. The molecule has 0 spiro atoms. The Morgan fingerprint density at radius 3 is 2.35 bits per heavy atom. The Balaban J connectivity index is 1.81. The van der Waals surface area contributed by atoms with Crippen LogP contribution in [0.4, 0.5) is 0 Å². The van der Waals surface area contributed by atoms with Crippen molar-refractivity contribution in [1.29, 1.82) is 0 Å². The molecule has 0 amide bonds. The predicted molar refractivity (Wildman–Crippen MR) is 81.4 cm³/mol. The van der Waals surface area contributed by atoms with Gasteiger partial charge in [0.05, 0.1) is 4.90 Å². The first-order valence-corrected chi connectivity index (χ1v) is 8.80. The first kappa shape index (κ1) is 15.5. The Bertz CT molecular complexity index is 519. The average Bonchev–Trinajstić information content (AvgIpc) is 3.22. The van der Waals surface area contributed by atoms with Crippen LogP contribution >= 0.6 is 0 Å². The number of nitrogens with one attached hydrogen (secondary N) is 2. The van der Waals surface area contributed by atoms with E-state index in [9.17, 15) is 8.42 Å². The van der Waals surface area contributed by atoms with Crippen LogP contribution < -0.4 is 10.0 Å². The summed E-state index contributed by atoms with van der Waals surface area (Å²) in [5, 5.41) is 3.37. The molecule has 0 unspecified atom stereocenters. The van der Waals surface area contributed by atoms with Crippen molar-refractivity contribution in [3.8, 4) is 0 Å². The van der Waals surface area contributed by atoms with Crippen LogP contribution in [0.2, 0.25) is 0 Å². The van der Waals surface area contributed by atoms with Gasteiger partial charge in [0.15, 0.2) is 0 Å². The molecule has 2 rings (SSSR count). The molecule has 0 saturated heterocycles. The van der Waals surface area contributed by atoms with Crippen molar-refractivity contribution < 1.29 is 8.42 Å². The molecule has 4 nitrogen and oxygen atoms in total. The van der Waals surface area contributed by atoms with E-state index >= 15 is 0 Å². The van der Waals surface area contributed by atoms with E-state index in [0.717, 1.165) is 18.5 Å². The lowest BCUT2D eigenvalue weighted by atomic mass is 10.0. The molecule has 0 heterocycles. The van der Waals surface area contributed by atoms with Crippen LogP contribution in [0.15, 0.2) is 29.2 Å². The summed E-state index contributed by atoms with van der Waals surface area (Å²) in [6.45, 7) is 5.54. The third-order valence-corrected chi connectivity index (χ3v) is 4.99. The van der Waals surface area contributed by atoms with E-state index < -0.39 is 10.0 Å². The van der Waals surface area contributed by atoms with Crippen molar-refractivity contribution in [3.63, 3.8) is 0 Å². The zero-order valence-electron chi connectivity index (χ0n) is 12.2. The summed E-state index contributed by atoms with van der Waals surface area (Å²) in [7, 11) is -3.37. The molecule has 2 N–H and O–H groups in total. The minimum Gasteiger partial charge on any atom is -0.314 e. The minimum absolute atomic E-state index is 0.344. The summed E-state index contributed by atoms with van der Waals surface area (Å²) in [6, 6.07) is 7.80. The van der Waals surface area contributed by atoms with Crippen LogP contribution in [0, 0.1) is 0 Å². The molecule has 112 valence electrons. The van der Waals surface area contributed by atoms with Crippen LogP contribution in [0.5, 0.6) is 0 Å². The number of rotatable bonds is 8. The van der Waals surface area contributed by atoms with Gasteiger partial charge in [-0.05, 0) is 49.4 Å². The smallest absolute Gasteiger partial charge is 0.240 e. The molecule has 1 saturated carbocycles. The Morgan fingerprint density at radius 1 is 1.15 bits per heavy atom. The molecule has 0 radical (unpaired) electrons. The number of hydrogen-bond acceptors (Lipinski definition) is 3. The summed E-state index contributed by atoms with van der Waals surface area (Å²) in [5.41, 5.74) is 1.15. The molecule has 1 fully saturated rings. The first-order valence-electron chi connectivity index (χ1n) is 7.32. The van der Waals surface area contributed by atoms with E-state index in [1.165, 1.54) is 12.8 Å². The van der Waals surface area contributed by atoms with Gasteiger partial charge in [0.25, 0.3) is 0 Å². The third kappa shape index (κ3) is 4.58. The Morgan fingerprint density at radius 2 is 1.80 bits per heavy atom. The second kappa shape index (κ2) is 6.70. The second-order valence-electron chi connectivity index (χ2n) is 5.70. The zero-order chi connectivity index (χ0) is 14.6. The molecule has 0 bridgehead atoms. The van der Waals surface area contributed by atoms with Gasteiger partial charge in [-0.1, -0.05) is 26.0 Å². The van der Waals surface area contributed by atoms with Gasteiger partial charge >= 0.3 is 0 Å². The fourth-order valence-electron chi connectivity index (χ4n) is 2.00. The highest BCUT2D eigenvalue weighted by Gasteiger charge is 2.19. The Hall–Kier alpha value is -0.910. The van der Waals surface area contributed by atoms with Crippen molar-refractivity contribution in [3.05, 3.63) is 29.8 Å². The number of hydrogen-bond donors (Lipinski definition) is 2. The largest absolute Gasteiger partial charge is 0.314 e. The lowest BCUT2D eigenvalue weighted by molar-refractivity contribution is 0.573. The summed E-state index contributed by atoms with van der Waals surface area (Å²) in [4.78, 5) is 0.344. The van der Waals surface area contributed by atoms with E-state index in [0.29, 0.717) is 23.4 Å².